The number of aromatic nitrogens is 2. The van der Waals surface area contributed by atoms with E-state index >= 15 is 0 Å². The summed E-state index contributed by atoms with van der Waals surface area (Å²) in [6.45, 7) is 0.265. The predicted octanol–water partition coefficient (Wildman–Crippen LogP) is 1.51. The molecule has 0 bridgehead atoms. The van der Waals surface area contributed by atoms with Gasteiger partial charge in [-0.3, -0.25) is 0 Å². The largest absolute Gasteiger partial charge is 0.465 e. The Bertz CT molecular complexity index is 667. The van der Waals surface area contributed by atoms with Crippen LogP contribution < -0.4 is 10.6 Å². The molecule has 0 saturated carbocycles. The summed E-state index contributed by atoms with van der Waals surface area (Å²) in [5.74, 6) is -0.286. The van der Waals surface area contributed by atoms with Crippen LogP contribution in [0.15, 0.2) is 24.3 Å². The Morgan fingerprint density at radius 1 is 1.48 bits per heavy atom. The van der Waals surface area contributed by atoms with Crippen LogP contribution in [0.5, 0.6) is 0 Å². The minimum atomic E-state index is -0.554. The van der Waals surface area contributed by atoms with Crippen LogP contribution in [0, 0.1) is 5.82 Å². The molecule has 0 amide bonds. The van der Waals surface area contributed by atoms with Gasteiger partial charge in [0.15, 0.2) is 5.82 Å². The van der Waals surface area contributed by atoms with Crippen LogP contribution in [0.2, 0.25) is 0 Å². The number of nitrogens with two attached hydrogens (primary N) is 1. The van der Waals surface area contributed by atoms with Crippen molar-refractivity contribution >= 4 is 17.6 Å². The standard InChI is InChI=1S/C14H17FN4O2/c1-18(2)13-11(14(20)21-3)12(16)19(17-13)8-9-5-4-6-10(15)7-9/h4-7H,8,16H2,1-3H3. The normalized spacial score (nSPS) is 10.5. The Hall–Kier alpha value is -2.57. The fraction of sp³-hybridized carbons (Fsp3) is 0.286. The highest BCUT2D eigenvalue weighted by molar-refractivity contribution is 5.99. The van der Waals surface area contributed by atoms with E-state index in [0.29, 0.717) is 11.4 Å². The zero-order chi connectivity index (χ0) is 15.6. The number of anilines is 2. The smallest absolute Gasteiger partial charge is 0.345 e. The summed E-state index contributed by atoms with van der Waals surface area (Å²) >= 11 is 0. The van der Waals surface area contributed by atoms with E-state index in [-0.39, 0.29) is 23.7 Å². The molecule has 0 unspecified atom stereocenters. The van der Waals surface area contributed by atoms with Crippen molar-refractivity contribution < 1.29 is 13.9 Å². The van der Waals surface area contributed by atoms with Crippen LogP contribution in [0.4, 0.5) is 16.0 Å². The monoisotopic (exact) mass is 292 g/mol. The molecule has 0 radical (unpaired) electrons. The Balaban J connectivity index is 2.43. The molecule has 7 heteroatoms. The van der Waals surface area contributed by atoms with E-state index in [1.54, 1.807) is 31.1 Å². The first-order valence-corrected chi connectivity index (χ1v) is 6.30. The van der Waals surface area contributed by atoms with Gasteiger partial charge in [0.2, 0.25) is 0 Å². The summed E-state index contributed by atoms with van der Waals surface area (Å²) in [6, 6.07) is 6.13. The number of halogens is 1. The Morgan fingerprint density at radius 2 is 2.19 bits per heavy atom. The molecule has 1 aromatic heterocycles. The number of nitrogens with zero attached hydrogens (tertiary/aromatic N) is 3. The maximum Gasteiger partial charge on any atom is 0.345 e. The second-order valence-corrected chi connectivity index (χ2v) is 4.76. The van der Waals surface area contributed by atoms with E-state index in [2.05, 4.69) is 5.10 Å². The van der Waals surface area contributed by atoms with Gasteiger partial charge in [0.05, 0.1) is 13.7 Å². The average Bonchev–Trinajstić information content (AvgIpc) is 2.76. The summed E-state index contributed by atoms with van der Waals surface area (Å²) in [6.07, 6.45) is 0. The highest BCUT2D eigenvalue weighted by Gasteiger charge is 2.24. The molecule has 1 aromatic carbocycles. The van der Waals surface area contributed by atoms with E-state index in [4.69, 9.17) is 10.5 Å². The zero-order valence-corrected chi connectivity index (χ0v) is 12.1. The van der Waals surface area contributed by atoms with Gasteiger partial charge in [0.25, 0.3) is 0 Å². The minimum Gasteiger partial charge on any atom is -0.465 e. The highest BCUT2D eigenvalue weighted by Crippen LogP contribution is 2.25. The molecule has 0 atom stereocenters. The van der Waals surface area contributed by atoms with Crippen molar-refractivity contribution in [2.24, 2.45) is 0 Å². The number of methoxy groups -OCH3 is 1. The van der Waals surface area contributed by atoms with Gasteiger partial charge in [-0.05, 0) is 17.7 Å². The number of carbonyl (C=O) groups excluding carboxylic acids is 1. The average molecular weight is 292 g/mol. The second-order valence-electron chi connectivity index (χ2n) is 4.76. The van der Waals surface area contributed by atoms with E-state index < -0.39 is 5.97 Å². The summed E-state index contributed by atoms with van der Waals surface area (Å²) in [5, 5.41) is 4.30. The molecule has 2 N–H and O–H groups in total. The number of benzene rings is 1. The van der Waals surface area contributed by atoms with Crippen molar-refractivity contribution in [2.75, 3.05) is 31.8 Å². The minimum absolute atomic E-state index is 0.190. The molecular weight excluding hydrogens is 275 g/mol. The second kappa shape index (κ2) is 5.82. The molecule has 0 saturated heterocycles. The topological polar surface area (TPSA) is 73.4 Å². The lowest BCUT2D eigenvalue weighted by Gasteiger charge is -2.09. The maximum atomic E-state index is 13.2. The Morgan fingerprint density at radius 3 is 2.76 bits per heavy atom. The van der Waals surface area contributed by atoms with Crippen LogP contribution in [-0.2, 0) is 11.3 Å². The zero-order valence-electron chi connectivity index (χ0n) is 12.1. The fourth-order valence-electron chi connectivity index (χ4n) is 2.00. The van der Waals surface area contributed by atoms with Crippen LogP contribution in [0.3, 0.4) is 0 Å². The SMILES string of the molecule is COC(=O)c1c(N(C)C)nn(Cc2cccc(F)c2)c1N. The summed E-state index contributed by atoms with van der Waals surface area (Å²) in [5.41, 5.74) is 6.89. The molecule has 0 aliphatic heterocycles. The molecule has 0 aliphatic carbocycles. The van der Waals surface area contributed by atoms with Gasteiger partial charge in [-0.15, -0.1) is 0 Å². The fourth-order valence-corrected chi connectivity index (χ4v) is 2.00. The van der Waals surface area contributed by atoms with Crippen molar-refractivity contribution in [3.63, 3.8) is 0 Å². The number of ether oxygens (including phenoxy) is 1. The molecule has 0 spiro atoms. The first-order valence-electron chi connectivity index (χ1n) is 6.30. The maximum absolute atomic E-state index is 13.2. The molecule has 6 nitrogen and oxygen atoms in total. The molecule has 0 aliphatic rings. The molecule has 2 rings (SSSR count). The molecule has 0 fully saturated rings. The van der Waals surface area contributed by atoms with Gasteiger partial charge in [0.1, 0.15) is 17.2 Å². The van der Waals surface area contributed by atoms with E-state index in [0.717, 1.165) is 0 Å². The third kappa shape index (κ3) is 2.96. The Labute approximate surface area is 121 Å². The summed E-state index contributed by atoms with van der Waals surface area (Å²) in [4.78, 5) is 13.5. The van der Waals surface area contributed by atoms with Crippen molar-refractivity contribution in [3.05, 3.63) is 41.2 Å². The van der Waals surface area contributed by atoms with Gasteiger partial charge in [-0.2, -0.15) is 5.10 Å². The van der Waals surface area contributed by atoms with Gasteiger partial charge < -0.3 is 15.4 Å². The summed E-state index contributed by atoms with van der Waals surface area (Å²) in [7, 11) is 4.78. The summed E-state index contributed by atoms with van der Waals surface area (Å²) < 4.78 is 19.4. The third-order valence-corrected chi connectivity index (χ3v) is 3.01. The number of rotatable bonds is 4. The van der Waals surface area contributed by atoms with Crippen LogP contribution >= 0.6 is 0 Å². The number of nitrogen functional groups attached to an aromatic ring is 1. The Kier molecular flexibility index (Phi) is 4.11. The van der Waals surface area contributed by atoms with Crippen LogP contribution in [0.25, 0.3) is 0 Å². The number of esters is 1. The molecular formula is C14H17FN4O2. The quantitative estimate of drug-likeness (QED) is 0.865. The molecule has 21 heavy (non-hydrogen) atoms. The van der Waals surface area contributed by atoms with Crippen molar-refractivity contribution in [1.29, 1.82) is 0 Å². The van der Waals surface area contributed by atoms with E-state index in [1.807, 2.05) is 0 Å². The van der Waals surface area contributed by atoms with Crippen molar-refractivity contribution in [1.82, 2.24) is 9.78 Å². The lowest BCUT2D eigenvalue weighted by molar-refractivity contribution is 0.0602. The molecule has 1 heterocycles. The lowest BCUT2D eigenvalue weighted by atomic mass is 10.2. The van der Waals surface area contributed by atoms with Crippen molar-refractivity contribution in [2.45, 2.75) is 6.54 Å². The molecule has 2 aromatic rings. The number of hydrogen-bond donors (Lipinski definition) is 1. The van der Waals surface area contributed by atoms with Gasteiger partial charge in [-0.25, -0.2) is 13.9 Å². The third-order valence-electron chi connectivity index (χ3n) is 3.01. The van der Waals surface area contributed by atoms with Gasteiger partial charge in [-0.1, -0.05) is 12.1 Å². The van der Waals surface area contributed by atoms with Crippen molar-refractivity contribution in [3.8, 4) is 0 Å². The van der Waals surface area contributed by atoms with Gasteiger partial charge in [0, 0.05) is 14.1 Å². The van der Waals surface area contributed by atoms with E-state index in [1.165, 1.54) is 23.9 Å². The lowest BCUT2D eigenvalue weighted by Crippen LogP contribution is -2.14. The number of carbonyl (C=O) groups is 1. The predicted molar refractivity (Wildman–Crippen MR) is 77.8 cm³/mol. The van der Waals surface area contributed by atoms with Gasteiger partial charge >= 0.3 is 5.97 Å². The molecule has 112 valence electrons. The van der Waals surface area contributed by atoms with Crippen LogP contribution in [-0.4, -0.2) is 37.0 Å². The van der Waals surface area contributed by atoms with E-state index in [9.17, 15) is 9.18 Å². The highest BCUT2D eigenvalue weighted by atomic mass is 19.1. The number of hydrogen-bond acceptors (Lipinski definition) is 5. The first kappa shape index (κ1) is 14.8. The first-order chi connectivity index (χ1) is 9.93. The van der Waals surface area contributed by atoms with Crippen LogP contribution in [0.1, 0.15) is 15.9 Å².